The number of nitrogens with zero attached hydrogens (tertiary/aromatic N) is 3. The van der Waals surface area contributed by atoms with E-state index in [1.54, 1.807) is 16.8 Å². The maximum atomic E-state index is 12.4. The summed E-state index contributed by atoms with van der Waals surface area (Å²) in [7, 11) is 0. The first kappa shape index (κ1) is 21.3. The van der Waals surface area contributed by atoms with Crippen LogP contribution in [0.2, 0.25) is 0 Å². The number of carbonyl (C=O) groups excluding carboxylic acids is 1. The molecule has 1 heterocycles. The van der Waals surface area contributed by atoms with Gasteiger partial charge < -0.3 is 10.1 Å². The fourth-order valence-corrected chi connectivity index (χ4v) is 3.14. The third kappa shape index (κ3) is 5.03. The summed E-state index contributed by atoms with van der Waals surface area (Å²) in [5.41, 5.74) is 4.26. The molecule has 0 unspecified atom stereocenters. The lowest BCUT2D eigenvalue weighted by Gasteiger charge is -2.09. The highest BCUT2D eigenvalue weighted by atomic mass is 16.5. The standard InChI is InChI=1S/C26H26N4O2/c1-18(2)17-32-26-28-24(20-11-9-19(3)10-12-20)30(29-26)23-15-13-22(14-16-23)27-25(31)21-7-5-4-6-8-21/h4-16,18H,17H2,1-3H3,(H,27,31). The molecule has 0 fully saturated rings. The van der Waals surface area contributed by atoms with Crippen LogP contribution in [-0.2, 0) is 0 Å². The fraction of sp³-hybridized carbons (Fsp3) is 0.192. The fourth-order valence-electron chi connectivity index (χ4n) is 3.14. The second kappa shape index (κ2) is 9.47. The van der Waals surface area contributed by atoms with Gasteiger partial charge in [-0.3, -0.25) is 4.79 Å². The molecule has 32 heavy (non-hydrogen) atoms. The van der Waals surface area contributed by atoms with Crippen LogP contribution >= 0.6 is 0 Å². The van der Waals surface area contributed by atoms with E-state index in [9.17, 15) is 4.79 Å². The van der Waals surface area contributed by atoms with Crippen LogP contribution in [0.4, 0.5) is 5.69 Å². The van der Waals surface area contributed by atoms with Crippen LogP contribution in [-0.4, -0.2) is 27.3 Å². The molecule has 3 aromatic carbocycles. The molecule has 0 saturated carbocycles. The average Bonchev–Trinajstić information content (AvgIpc) is 3.23. The predicted octanol–water partition coefficient (Wildman–Crippen LogP) is 5.53. The van der Waals surface area contributed by atoms with Gasteiger partial charge in [0.1, 0.15) is 0 Å². The van der Waals surface area contributed by atoms with Crippen molar-refractivity contribution in [2.24, 2.45) is 5.92 Å². The summed E-state index contributed by atoms with van der Waals surface area (Å²) in [6, 6.07) is 25.1. The molecule has 0 radical (unpaired) electrons. The summed E-state index contributed by atoms with van der Waals surface area (Å²) in [5, 5.41) is 7.50. The summed E-state index contributed by atoms with van der Waals surface area (Å²) in [4.78, 5) is 17.0. The molecule has 4 rings (SSSR count). The van der Waals surface area contributed by atoms with Crippen molar-refractivity contribution in [3.05, 3.63) is 90.0 Å². The van der Waals surface area contributed by atoms with Gasteiger partial charge >= 0.3 is 6.01 Å². The zero-order valence-electron chi connectivity index (χ0n) is 18.4. The third-order valence-electron chi connectivity index (χ3n) is 4.85. The largest absolute Gasteiger partial charge is 0.462 e. The molecule has 0 atom stereocenters. The normalized spacial score (nSPS) is 10.9. The number of anilines is 1. The Morgan fingerprint density at radius 2 is 1.66 bits per heavy atom. The first-order chi connectivity index (χ1) is 15.5. The molecule has 1 amide bonds. The van der Waals surface area contributed by atoms with Crippen LogP contribution in [0.5, 0.6) is 6.01 Å². The Hall–Kier alpha value is -3.93. The zero-order valence-corrected chi connectivity index (χ0v) is 18.4. The van der Waals surface area contributed by atoms with Gasteiger partial charge in [0.05, 0.1) is 12.3 Å². The molecule has 0 bridgehead atoms. The van der Waals surface area contributed by atoms with Crippen LogP contribution in [0.25, 0.3) is 17.1 Å². The van der Waals surface area contributed by atoms with Gasteiger partial charge in [-0.25, -0.2) is 4.68 Å². The van der Waals surface area contributed by atoms with Crippen molar-refractivity contribution in [2.75, 3.05) is 11.9 Å². The van der Waals surface area contributed by atoms with Crippen molar-refractivity contribution in [1.82, 2.24) is 14.8 Å². The first-order valence-corrected chi connectivity index (χ1v) is 10.6. The lowest BCUT2D eigenvalue weighted by Crippen LogP contribution is -2.11. The monoisotopic (exact) mass is 426 g/mol. The quantitative estimate of drug-likeness (QED) is 0.422. The summed E-state index contributed by atoms with van der Waals surface area (Å²) in [5.74, 6) is 0.922. The van der Waals surface area contributed by atoms with Crippen molar-refractivity contribution in [3.63, 3.8) is 0 Å². The highest BCUT2D eigenvalue weighted by molar-refractivity contribution is 6.04. The van der Waals surface area contributed by atoms with E-state index in [-0.39, 0.29) is 5.91 Å². The molecule has 1 N–H and O–H groups in total. The average molecular weight is 427 g/mol. The number of amides is 1. The van der Waals surface area contributed by atoms with Crippen molar-refractivity contribution in [3.8, 4) is 23.1 Å². The van der Waals surface area contributed by atoms with E-state index in [1.807, 2.05) is 73.7 Å². The van der Waals surface area contributed by atoms with Crippen molar-refractivity contribution in [1.29, 1.82) is 0 Å². The SMILES string of the molecule is Cc1ccc(-c2nc(OCC(C)C)nn2-c2ccc(NC(=O)c3ccccc3)cc2)cc1. The zero-order chi connectivity index (χ0) is 22.5. The Labute approximate surface area is 187 Å². The molecule has 0 aliphatic carbocycles. The van der Waals surface area contributed by atoms with E-state index < -0.39 is 0 Å². The molecule has 6 nitrogen and oxygen atoms in total. The number of benzene rings is 3. The van der Waals surface area contributed by atoms with E-state index in [0.29, 0.717) is 35.6 Å². The minimum Gasteiger partial charge on any atom is -0.462 e. The smallest absolute Gasteiger partial charge is 0.336 e. The molecule has 0 saturated heterocycles. The van der Waals surface area contributed by atoms with Crippen LogP contribution < -0.4 is 10.1 Å². The van der Waals surface area contributed by atoms with E-state index in [4.69, 9.17) is 4.74 Å². The van der Waals surface area contributed by atoms with Crippen molar-refractivity contribution < 1.29 is 9.53 Å². The van der Waals surface area contributed by atoms with Gasteiger partial charge in [0.25, 0.3) is 5.91 Å². The number of rotatable bonds is 7. The maximum absolute atomic E-state index is 12.4. The number of hydrogen-bond donors (Lipinski definition) is 1. The van der Waals surface area contributed by atoms with Gasteiger partial charge in [0, 0.05) is 16.8 Å². The second-order valence-electron chi connectivity index (χ2n) is 8.07. The molecule has 4 aromatic rings. The number of ether oxygens (including phenoxy) is 1. The van der Waals surface area contributed by atoms with Gasteiger partial charge in [-0.1, -0.05) is 61.9 Å². The van der Waals surface area contributed by atoms with Gasteiger partial charge in [0.2, 0.25) is 0 Å². The predicted molar refractivity (Wildman–Crippen MR) is 126 cm³/mol. The molecular weight excluding hydrogens is 400 g/mol. The van der Waals surface area contributed by atoms with E-state index >= 15 is 0 Å². The Bertz CT molecular complexity index is 1180. The van der Waals surface area contributed by atoms with Gasteiger partial charge in [-0.15, -0.1) is 5.10 Å². The van der Waals surface area contributed by atoms with Crippen LogP contribution in [0.15, 0.2) is 78.9 Å². The van der Waals surface area contributed by atoms with Gasteiger partial charge in [-0.2, -0.15) is 4.98 Å². The number of nitrogens with one attached hydrogen (secondary N) is 1. The summed E-state index contributed by atoms with van der Waals surface area (Å²) in [6.07, 6.45) is 0. The minimum atomic E-state index is -0.149. The van der Waals surface area contributed by atoms with Crippen molar-refractivity contribution in [2.45, 2.75) is 20.8 Å². The van der Waals surface area contributed by atoms with Crippen LogP contribution in [0.3, 0.4) is 0 Å². The second-order valence-corrected chi connectivity index (χ2v) is 8.07. The topological polar surface area (TPSA) is 69.0 Å². The first-order valence-electron chi connectivity index (χ1n) is 10.6. The molecular formula is C26H26N4O2. The molecule has 1 aromatic heterocycles. The Morgan fingerprint density at radius 1 is 0.969 bits per heavy atom. The lowest BCUT2D eigenvalue weighted by molar-refractivity contribution is 0.102. The van der Waals surface area contributed by atoms with Crippen LogP contribution in [0.1, 0.15) is 29.8 Å². The van der Waals surface area contributed by atoms with E-state index in [1.165, 1.54) is 5.56 Å². The van der Waals surface area contributed by atoms with Gasteiger partial charge in [0.15, 0.2) is 5.82 Å². The molecule has 162 valence electrons. The lowest BCUT2D eigenvalue weighted by atomic mass is 10.1. The number of aromatic nitrogens is 3. The highest BCUT2D eigenvalue weighted by Crippen LogP contribution is 2.25. The Kier molecular flexibility index (Phi) is 6.31. The summed E-state index contributed by atoms with van der Waals surface area (Å²) >= 11 is 0. The Balaban J connectivity index is 1.61. The molecule has 0 aliphatic heterocycles. The van der Waals surface area contributed by atoms with Gasteiger partial charge in [-0.05, 0) is 49.2 Å². The Morgan fingerprint density at radius 3 is 2.31 bits per heavy atom. The third-order valence-corrected chi connectivity index (χ3v) is 4.85. The molecule has 0 aliphatic rings. The van der Waals surface area contributed by atoms with Crippen molar-refractivity contribution >= 4 is 11.6 Å². The summed E-state index contributed by atoms with van der Waals surface area (Å²) in [6.45, 7) is 6.76. The van der Waals surface area contributed by atoms with Crippen LogP contribution in [0, 0.1) is 12.8 Å². The minimum absolute atomic E-state index is 0.149. The number of hydrogen-bond acceptors (Lipinski definition) is 4. The molecule has 6 heteroatoms. The maximum Gasteiger partial charge on any atom is 0.336 e. The highest BCUT2D eigenvalue weighted by Gasteiger charge is 2.15. The van der Waals surface area contributed by atoms with E-state index in [0.717, 1.165) is 11.3 Å². The molecule has 0 spiro atoms. The summed E-state index contributed by atoms with van der Waals surface area (Å²) < 4.78 is 7.55. The number of carbonyl (C=O) groups is 1. The number of aryl methyl sites for hydroxylation is 1. The van der Waals surface area contributed by atoms with E-state index in [2.05, 4.69) is 29.2 Å².